The number of nitrogen functional groups attached to an aromatic ring is 1. The van der Waals surface area contributed by atoms with E-state index in [1.165, 1.54) is 17.6 Å². The maximum Gasteiger partial charge on any atom is 0.256 e. The second-order valence-corrected chi connectivity index (χ2v) is 4.64. The predicted octanol–water partition coefficient (Wildman–Crippen LogP) is 2.12. The molecule has 1 aromatic carbocycles. The number of amides is 1. The van der Waals surface area contributed by atoms with Gasteiger partial charge in [-0.25, -0.2) is 4.98 Å². The summed E-state index contributed by atoms with van der Waals surface area (Å²) in [5.41, 5.74) is 6.92. The van der Waals surface area contributed by atoms with E-state index in [1.54, 1.807) is 24.3 Å². The summed E-state index contributed by atoms with van der Waals surface area (Å²) in [6.07, 6.45) is 1.39. The summed E-state index contributed by atoms with van der Waals surface area (Å²) in [6.45, 7) is 0. The molecule has 0 bridgehead atoms. The first-order valence-electron chi connectivity index (χ1n) is 5.10. The van der Waals surface area contributed by atoms with E-state index in [2.05, 4.69) is 20.0 Å². The Hall–Kier alpha value is -2.41. The molecule has 0 aliphatic carbocycles. The Morgan fingerprint density at radius 3 is 3.06 bits per heavy atom. The molecule has 90 valence electrons. The average Bonchev–Trinajstić information content (AvgIpc) is 2.95. The van der Waals surface area contributed by atoms with Crippen LogP contribution in [0.5, 0.6) is 0 Å². The van der Waals surface area contributed by atoms with Crippen LogP contribution in [-0.2, 0) is 0 Å². The molecule has 7 heteroatoms. The van der Waals surface area contributed by atoms with Gasteiger partial charge in [0.2, 0.25) is 0 Å². The standard InChI is InChI=1S/C11H8N4O2S/c12-11-13-7-2-1-6(5-8(7)18-11)10(16)14-9-3-4-17-15-9/h1-5H,(H2,12,13)(H,14,15,16). The van der Waals surface area contributed by atoms with Crippen LogP contribution in [0.15, 0.2) is 35.1 Å². The van der Waals surface area contributed by atoms with Gasteiger partial charge in [-0.05, 0) is 18.2 Å². The van der Waals surface area contributed by atoms with Crippen molar-refractivity contribution >= 4 is 38.4 Å². The molecule has 0 radical (unpaired) electrons. The fourth-order valence-electron chi connectivity index (χ4n) is 1.55. The summed E-state index contributed by atoms with van der Waals surface area (Å²) < 4.78 is 5.51. The molecule has 0 aliphatic heterocycles. The topological polar surface area (TPSA) is 94.0 Å². The number of hydrogen-bond donors (Lipinski definition) is 2. The summed E-state index contributed by atoms with van der Waals surface area (Å²) >= 11 is 1.34. The van der Waals surface area contributed by atoms with Crippen molar-refractivity contribution in [2.75, 3.05) is 11.1 Å². The fourth-order valence-corrected chi connectivity index (χ4v) is 2.32. The lowest BCUT2D eigenvalue weighted by atomic mass is 10.2. The van der Waals surface area contributed by atoms with E-state index >= 15 is 0 Å². The van der Waals surface area contributed by atoms with Crippen molar-refractivity contribution < 1.29 is 9.32 Å². The highest BCUT2D eigenvalue weighted by Crippen LogP contribution is 2.24. The number of carbonyl (C=O) groups is 1. The number of thiazole rings is 1. The quantitative estimate of drug-likeness (QED) is 0.736. The van der Waals surface area contributed by atoms with Gasteiger partial charge in [0.1, 0.15) is 6.26 Å². The molecule has 3 aromatic rings. The van der Waals surface area contributed by atoms with Gasteiger partial charge >= 0.3 is 0 Å². The second-order valence-electron chi connectivity index (χ2n) is 3.57. The Balaban J connectivity index is 1.91. The van der Waals surface area contributed by atoms with Crippen molar-refractivity contribution in [1.82, 2.24) is 10.1 Å². The van der Waals surface area contributed by atoms with E-state index < -0.39 is 0 Å². The number of nitrogens with one attached hydrogen (secondary N) is 1. The Morgan fingerprint density at radius 1 is 1.39 bits per heavy atom. The molecule has 0 aliphatic rings. The van der Waals surface area contributed by atoms with Gasteiger partial charge < -0.3 is 15.6 Å². The van der Waals surface area contributed by atoms with Crippen molar-refractivity contribution in [2.45, 2.75) is 0 Å². The lowest BCUT2D eigenvalue weighted by Gasteiger charge is -2.00. The molecule has 0 saturated carbocycles. The third-order valence-corrected chi connectivity index (χ3v) is 3.19. The molecule has 0 saturated heterocycles. The van der Waals surface area contributed by atoms with Gasteiger partial charge in [-0.3, -0.25) is 4.79 Å². The lowest BCUT2D eigenvalue weighted by molar-refractivity contribution is 0.102. The molecule has 3 rings (SSSR count). The van der Waals surface area contributed by atoms with E-state index in [1.807, 2.05) is 0 Å². The van der Waals surface area contributed by atoms with Crippen LogP contribution in [-0.4, -0.2) is 16.0 Å². The van der Waals surface area contributed by atoms with Gasteiger partial charge in [-0.1, -0.05) is 16.5 Å². The fraction of sp³-hybridized carbons (Fsp3) is 0. The first-order valence-corrected chi connectivity index (χ1v) is 5.92. The van der Waals surface area contributed by atoms with Crippen LogP contribution in [0, 0.1) is 0 Å². The minimum Gasteiger partial charge on any atom is -0.375 e. The number of anilines is 2. The van der Waals surface area contributed by atoms with Crippen molar-refractivity contribution in [1.29, 1.82) is 0 Å². The van der Waals surface area contributed by atoms with Crippen molar-refractivity contribution in [2.24, 2.45) is 0 Å². The van der Waals surface area contributed by atoms with Crippen molar-refractivity contribution in [3.63, 3.8) is 0 Å². The summed E-state index contributed by atoms with van der Waals surface area (Å²) in [5, 5.41) is 6.72. The number of aromatic nitrogens is 2. The van der Waals surface area contributed by atoms with Gasteiger partial charge in [0, 0.05) is 11.6 Å². The average molecular weight is 260 g/mol. The van der Waals surface area contributed by atoms with Crippen LogP contribution >= 0.6 is 11.3 Å². The van der Waals surface area contributed by atoms with E-state index in [4.69, 9.17) is 5.73 Å². The number of hydrogen-bond acceptors (Lipinski definition) is 6. The van der Waals surface area contributed by atoms with E-state index in [-0.39, 0.29) is 5.91 Å². The number of carbonyl (C=O) groups excluding carboxylic acids is 1. The molecule has 3 N–H and O–H groups in total. The van der Waals surface area contributed by atoms with Crippen LogP contribution in [0.2, 0.25) is 0 Å². The van der Waals surface area contributed by atoms with E-state index in [9.17, 15) is 4.79 Å². The third kappa shape index (κ3) is 1.91. The smallest absolute Gasteiger partial charge is 0.256 e. The molecule has 0 fully saturated rings. The van der Waals surface area contributed by atoms with Gasteiger partial charge in [0.25, 0.3) is 5.91 Å². The zero-order valence-electron chi connectivity index (χ0n) is 9.08. The SMILES string of the molecule is Nc1nc2ccc(C(=O)Nc3ccon3)cc2s1. The van der Waals surface area contributed by atoms with Gasteiger partial charge in [0.15, 0.2) is 10.9 Å². The summed E-state index contributed by atoms with van der Waals surface area (Å²) in [4.78, 5) is 16.0. The third-order valence-electron chi connectivity index (χ3n) is 2.35. The largest absolute Gasteiger partial charge is 0.375 e. The van der Waals surface area contributed by atoms with Crippen LogP contribution < -0.4 is 11.1 Å². The van der Waals surface area contributed by atoms with Crippen molar-refractivity contribution in [3.05, 3.63) is 36.1 Å². The molecule has 18 heavy (non-hydrogen) atoms. The number of fused-ring (bicyclic) bond motifs is 1. The number of rotatable bonds is 2. The molecule has 6 nitrogen and oxygen atoms in total. The zero-order chi connectivity index (χ0) is 12.5. The Morgan fingerprint density at radius 2 is 2.28 bits per heavy atom. The van der Waals surface area contributed by atoms with Crippen LogP contribution in [0.3, 0.4) is 0 Å². The first kappa shape index (κ1) is 10.7. The van der Waals surface area contributed by atoms with Gasteiger partial charge in [-0.2, -0.15) is 0 Å². The van der Waals surface area contributed by atoms with Gasteiger partial charge in [0.05, 0.1) is 10.2 Å². The highest BCUT2D eigenvalue weighted by Gasteiger charge is 2.10. The van der Waals surface area contributed by atoms with Crippen molar-refractivity contribution in [3.8, 4) is 0 Å². The molecule has 0 atom stereocenters. The van der Waals surface area contributed by atoms with E-state index in [0.717, 1.165) is 10.2 Å². The number of benzene rings is 1. The van der Waals surface area contributed by atoms with E-state index in [0.29, 0.717) is 16.5 Å². The minimum absolute atomic E-state index is 0.252. The molecule has 0 spiro atoms. The van der Waals surface area contributed by atoms with Gasteiger partial charge in [-0.15, -0.1) is 0 Å². The Kier molecular flexibility index (Phi) is 2.45. The Bertz CT molecular complexity index is 705. The molecule has 0 unspecified atom stereocenters. The molecule has 1 amide bonds. The first-order chi connectivity index (χ1) is 8.72. The molecular formula is C11H8N4O2S. The normalized spacial score (nSPS) is 10.7. The highest BCUT2D eigenvalue weighted by atomic mass is 32.1. The maximum absolute atomic E-state index is 11.9. The lowest BCUT2D eigenvalue weighted by Crippen LogP contribution is -2.11. The minimum atomic E-state index is -0.252. The highest BCUT2D eigenvalue weighted by molar-refractivity contribution is 7.22. The number of nitrogens with zero attached hydrogens (tertiary/aromatic N) is 2. The Labute approximate surface area is 105 Å². The molecule has 2 aromatic heterocycles. The van der Waals surface area contributed by atoms with Crippen LogP contribution in [0.1, 0.15) is 10.4 Å². The van der Waals surface area contributed by atoms with Crippen LogP contribution in [0.25, 0.3) is 10.2 Å². The predicted molar refractivity (Wildman–Crippen MR) is 68.5 cm³/mol. The molecule has 2 heterocycles. The monoisotopic (exact) mass is 260 g/mol. The zero-order valence-corrected chi connectivity index (χ0v) is 9.90. The summed E-state index contributed by atoms with van der Waals surface area (Å²) in [7, 11) is 0. The summed E-state index contributed by atoms with van der Waals surface area (Å²) in [5.74, 6) is 0.127. The summed E-state index contributed by atoms with van der Waals surface area (Å²) in [6, 6.07) is 6.77. The second kappa shape index (κ2) is 4.11. The maximum atomic E-state index is 11.9. The van der Waals surface area contributed by atoms with Crippen LogP contribution in [0.4, 0.5) is 10.9 Å². The molecular weight excluding hydrogens is 252 g/mol. The number of nitrogens with two attached hydrogens (primary N) is 1.